The van der Waals surface area contributed by atoms with Gasteiger partial charge in [0, 0.05) is 31.3 Å². The topological polar surface area (TPSA) is 15.3 Å². The lowest BCUT2D eigenvalue weighted by Crippen LogP contribution is -2.28. The lowest BCUT2D eigenvalue weighted by molar-refractivity contribution is 0.348. The minimum Gasteiger partial charge on any atom is -0.311 e. The Morgan fingerprint density at radius 2 is 2.06 bits per heavy atom. The van der Waals surface area contributed by atoms with Gasteiger partial charge >= 0.3 is 0 Å². The Labute approximate surface area is 95.3 Å². The third kappa shape index (κ3) is 4.24. The van der Waals surface area contributed by atoms with E-state index in [4.69, 9.17) is 0 Å². The molecule has 0 saturated carbocycles. The van der Waals surface area contributed by atoms with Crippen LogP contribution in [-0.2, 0) is 6.54 Å². The minimum atomic E-state index is -0.535. The van der Waals surface area contributed by atoms with Crippen molar-refractivity contribution in [3.63, 3.8) is 0 Å². The Hall–Kier alpha value is -1.00. The molecule has 0 amide bonds. The molecule has 0 aliphatic carbocycles. The summed E-state index contributed by atoms with van der Waals surface area (Å²) in [6.45, 7) is 5.22. The normalized spacial score (nSPS) is 11.1. The van der Waals surface area contributed by atoms with Gasteiger partial charge in [0.15, 0.2) is 0 Å². The highest BCUT2D eigenvalue weighted by Gasteiger charge is 2.02. The van der Waals surface area contributed by atoms with Crippen LogP contribution in [0.5, 0.6) is 0 Å². The van der Waals surface area contributed by atoms with E-state index in [-0.39, 0.29) is 0 Å². The fraction of sp³-hybridized carbons (Fsp3) is 0.500. The highest BCUT2D eigenvalue weighted by molar-refractivity contribution is 5.18. The van der Waals surface area contributed by atoms with Gasteiger partial charge in [-0.1, -0.05) is 13.0 Å². The fourth-order valence-electron chi connectivity index (χ4n) is 1.32. The molecule has 1 aromatic carbocycles. The van der Waals surface area contributed by atoms with Gasteiger partial charge in [0.2, 0.25) is 0 Å². The molecule has 0 spiro atoms. The first-order valence-corrected chi connectivity index (χ1v) is 5.46. The molecule has 0 atom stereocenters. The maximum atomic E-state index is 13.2. The van der Waals surface area contributed by atoms with Crippen molar-refractivity contribution in [3.8, 4) is 0 Å². The first-order valence-electron chi connectivity index (χ1n) is 5.46. The molecule has 90 valence electrons. The molecule has 4 heteroatoms. The van der Waals surface area contributed by atoms with Gasteiger partial charge < -0.3 is 10.2 Å². The average molecular weight is 228 g/mol. The molecule has 0 bridgehead atoms. The molecule has 0 radical (unpaired) electrons. The van der Waals surface area contributed by atoms with Gasteiger partial charge in [-0.2, -0.15) is 0 Å². The summed E-state index contributed by atoms with van der Waals surface area (Å²) in [5, 5.41) is 3.12. The number of halogens is 2. The molecule has 1 rings (SSSR count). The molecule has 0 aromatic heterocycles. The van der Waals surface area contributed by atoms with Crippen LogP contribution in [0, 0.1) is 11.6 Å². The molecule has 16 heavy (non-hydrogen) atoms. The molecule has 2 nitrogen and oxygen atoms in total. The van der Waals surface area contributed by atoms with Crippen LogP contribution in [-0.4, -0.2) is 31.6 Å². The van der Waals surface area contributed by atoms with Crippen molar-refractivity contribution in [2.45, 2.75) is 13.5 Å². The number of likely N-dealkylation sites (N-methyl/N-ethyl adjacent to an activating group) is 1. The van der Waals surface area contributed by atoms with E-state index in [1.165, 1.54) is 12.1 Å². The number of benzene rings is 1. The van der Waals surface area contributed by atoms with Gasteiger partial charge in [0.25, 0.3) is 0 Å². The largest absolute Gasteiger partial charge is 0.311 e. The summed E-state index contributed by atoms with van der Waals surface area (Å²) < 4.78 is 25.8. The lowest BCUT2D eigenvalue weighted by atomic mass is 10.2. The summed E-state index contributed by atoms with van der Waals surface area (Å²) in [4.78, 5) is 2.16. The van der Waals surface area contributed by atoms with E-state index in [1.54, 1.807) is 0 Å². The number of hydrogen-bond donors (Lipinski definition) is 1. The second kappa shape index (κ2) is 6.55. The predicted molar refractivity (Wildman–Crippen MR) is 61.2 cm³/mol. The van der Waals surface area contributed by atoms with Crippen molar-refractivity contribution in [1.82, 2.24) is 10.2 Å². The van der Waals surface area contributed by atoms with Crippen molar-refractivity contribution in [2.24, 2.45) is 0 Å². The fourth-order valence-corrected chi connectivity index (χ4v) is 1.32. The second-order valence-corrected chi connectivity index (χ2v) is 3.81. The maximum Gasteiger partial charge on any atom is 0.130 e. The third-order valence-corrected chi connectivity index (χ3v) is 2.54. The van der Waals surface area contributed by atoms with Crippen molar-refractivity contribution >= 4 is 0 Å². The van der Waals surface area contributed by atoms with Crippen LogP contribution in [0.4, 0.5) is 8.78 Å². The Morgan fingerprint density at radius 1 is 1.31 bits per heavy atom. The standard InChI is InChI=1S/C12H18F2N2/c1-3-16(2)7-6-15-9-10-4-5-11(13)8-12(10)14/h4-5,8,15H,3,6-7,9H2,1-2H3. The zero-order valence-corrected chi connectivity index (χ0v) is 9.76. The molecule has 0 aliphatic heterocycles. The average Bonchev–Trinajstić information content (AvgIpc) is 2.26. The summed E-state index contributed by atoms with van der Waals surface area (Å²) in [6, 6.07) is 3.66. The Bertz CT molecular complexity index is 329. The van der Waals surface area contributed by atoms with Gasteiger partial charge in [-0.15, -0.1) is 0 Å². The summed E-state index contributed by atoms with van der Waals surface area (Å²) in [5.74, 6) is -1.02. The molecular weight excluding hydrogens is 210 g/mol. The molecule has 0 aliphatic rings. The highest BCUT2D eigenvalue weighted by Crippen LogP contribution is 2.08. The molecule has 0 saturated heterocycles. The molecular formula is C12H18F2N2. The van der Waals surface area contributed by atoms with Gasteiger partial charge in [0.1, 0.15) is 11.6 Å². The monoisotopic (exact) mass is 228 g/mol. The van der Waals surface area contributed by atoms with Gasteiger partial charge in [-0.3, -0.25) is 0 Å². The first kappa shape index (κ1) is 13.1. The van der Waals surface area contributed by atoms with E-state index < -0.39 is 11.6 Å². The zero-order valence-electron chi connectivity index (χ0n) is 9.76. The Kier molecular flexibility index (Phi) is 5.35. The van der Waals surface area contributed by atoms with Crippen LogP contribution in [0.15, 0.2) is 18.2 Å². The van der Waals surface area contributed by atoms with E-state index >= 15 is 0 Å². The molecule has 0 heterocycles. The molecule has 1 aromatic rings. The number of rotatable bonds is 6. The Morgan fingerprint density at radius 3 is 2.69 bits per heavy atom. The zero-order chi connectivity index (χ0) is 12.0. The highest BCUT2D eigenvalue weighted by atomic mass is 19.1. The van der Waals surface area contributed by atoms with Crippen LogP contribution in [0.3, 0.4) is 0 Å². The van der Waals surface area contributed by atoms with Crippen LogP contribution in [0.1, 0.15) is 12.5 Å². The van der Waals surface area contributed by atoms with Gasteiger partial charge in [-0.25, -0.2) is 8.78 Å². The van der Waals surface area contributed by atoms with Crippen LogP contribution in [0.2, 0.25) is 0 Å². The predicted octanol–water partition coefficient (Wildman–Crippen LogP) is 2.01. The molecule has 1 N–H and O–H groups in total. The van der Waals surface area contributed by atoms with Crippen LogP contribution >= 0.6 is 0 Å². The van der Waals surface area contributed by atoms with Crippen molar-refractivity contribution in [1.29, 1.82) is 0 Å². The van der Waals surface area contributed by atoms with E-state index in [1.807, 2.05) is 7.05 Å². The summed E-state index contributed by atoms with van der Waals surface area (Å²) in [5.41, 5.74) is 0.501. The van der Waals surface area contributed by atoms with Crippen molar-refractivity contribution in [3.05, 3.63) is 35.4 Å². The SMILES string of the molecule is CCN(C)CCNCc1ccc(F)cc1F. The molecule has 0 unspecified atom stereocenters. The summed E-state index contributed by atoms with van der Waals surface area (Å²) in [6.07, 6.45) is 0. The smallest absolute Gasteiger partial charge is 0.130 e. The first-order chi connectivity index (χ1) is 7.63. The second-order valence-electron chi connectivity index (χ2n) is 3.81. The number of nitrogens with one attached hydrogen (secondary N) is 1. The van der Waals surface area contributed by atoms with Gasteiger partial charge in [0.05, 0.1) is 0 Å². The van der Waals surface area contributed by atoms with E-state index in [0.717, 1.165) is 25.7 Å². The van der Waals surface area contributed by atoms with Crippen molar-refractivity contribution in [2.75, 3.05) is 26.7 Å². The van der Waals surface area contributed by atoms with E-state index in [0.29, 0.717) is 12.1 Å². The molecule has 0 fully saturated rings. The lowest BCUT2D eigenvalue weighted by Gasteiger charge is -2.14. The third-order valence-electron chi connectivity index (χ3n) is 2.54. The number of nitrogens with zero attached hydrogens (tertiary/aromatic N) is 1. The minimum absolute atomic E-state index is 0.434. The van der Waals surface area contributed by atoms with Crippen LogP contribution in [0.25, 0.3) is 0 Å². The quantitative estimate of drug-likeness (QED) is 0.749. The van der Waals surface area contributed by atoms with Crippen molar-refractivity contribution < 1.29 is 8.78 Å². The maximum absolute atomic E-state index is 13.2. The van der Waals surface area contributed by atoms with E-state index in [2.05, 4.69) is 17.1 Å². The van der Waals surface area contributed by atoms with E-state index in [9.17, 15) is 8.78 Å². The van der Waals surface area contributed by atoms with Crippen LogP contribution < -0.4 is 5.32 Å². The summed E-state index contributed by atoms with van der Waals surface area (Å²) in [7, 11) is 2.03. The number of hydrogen-bond acceptors (Lipinski definition) is 2. The Balaban J connectivity index is 2.32. The van der Waals surface area contributed by atoms with Gasteiger partial charge in [-0.05, 0) is 19.7 Å². The summed E-state index contributed by atoms with van der Waals surface area (Å²) >= 11 is 0.